The molecule has 0 fully saturated rings. The quantitative estimate of drug-likeness (QED) is 0.0407. The lowest BCUT2D eigenvalue weighted by molar-refractivity contribution is -0.165. The van der Waals surface area contributed by atoms with Crippen molar-refractivity contribution >= 4 is 70.0 Å². The molecule has 8 N–H and O–H groups in total. The number of carbonyl (C=O) groups excluding carboxylic acids is 10. The molecule has 0 bridgehead atoms. The number of hydrogen-bond donors (Lipinski definition) is 7. The molecule has 9 amide bonds. The summed E-state index contributed by atoms with van der Waals surface area (Å²) < 4.78 is 21.0. The Bertz CT molecular complexity index is 2930. The topological polar surface area (TPSA) is 306 Å². The summed E-state index contributed by atoms with van der Waals surface area (Å²) in [7, 11) is 0. The number of carbonyl (C=O) groups is 10. The number of rotatable bonds is 22. The van der Waals surface area contributed by atoms with Crippen LogP contribution in [-0.2, 0) is 78.5 Å². The maximum Gasteiger partial charge on any atom is 0.342 e. The number of unbranched alkanes of at least 4 members (excludes halogenated alkanes) is 2. The Morgan fingerprint density at radius 2 is 1.55 bits per heavy atom. The van der Waals surface area contributed by atoms with Crippen molar-refractivity contribution in [3.05, 3.63) is 99.0 Å². The molecule has 5 atom stereocenters. The van der Waals surface area contributed by atoms with E-state index in [1.165, 1.54) is 18.2 Å². The lowest BCUT2D eigenvalue weighted by atomic mass is 9.73. The average molecular weight is 1030 g/mol. The minimum absolute atomic E-state index is 0.00412. The summed E-state index contributed by atoms with van der Waals surface area (Å²) in [6.07, 6.45) is 4.73. The van der Waals surface area contributed by atoms with Crippen molar-refractivity contribution in [2.45, 2.75) is 102 Å². The van der Waals surface area contributed by atoms with Gasteiger partial charge in [-0.1, -0.05) is 43.7 Å². The first-order valence-electron chi connectivity index (χ1n) is 25.2. The highest BCUT2D eigenvalue weighted by atomic mass is 19.1. The Balaban J connectivity index is 0.864. The summed E-state index contributed by atoms with van der Waals surface area (Å²) >= 11 is 0. The molecule has 8 rings (SSSR count). The molecule has 0 radical (unpaired) electrons. The summed E-state index contributed by atoms with van der Waals surface area (Å²) in [5.74, 6) is -7.12. The second-order valence-corrected chi connectivity index (χ2v) is 19.7. The van der Waals surface area contributed by atoms with Crippen LogP contribution in [0.25, 0.3) is 10.9 Å². The third kappa shape index (κ3) is 11.6. The van der Waals surface area contributed by atoms with Gasteiger partial charge in [0.1, 0.15) is 18.5 Å². The van der Waals surface area contributed by atoms with Gasteiger partial charge in [-0.2, -0.15) is 0 Å². The Morgan fingerprint density at radius 1 is 0.867 bits per heavy atom. The van der Waals surface area contributed by atoms with Gasteiger partial charge in [0.2, 0.25) is 35.4 Å². The van der Waals surface area contributed by atoms with Crippen LogP contribution in [-0.4, -0.2) is 130 Å². The molecule has 1 aromatic heterocycles. The molecule has 3 unspecified atom stereocenters. The Kier molecular flexibility index (Phi) is 16.2. The number of ether oxygens (including phenoxy) is 1. The van der Waals surface area contributed by atoms with Crippen molar-refractivity contribution < 1.29 is 62.2 Å². The first-order valence-corrected chi connectivity index (χ1v) is 25.2. The van der Waals surface area contributed by atoms with E-state index in [2.05, 4.69) is 26.6 Å². The molecule has 75 heavy (non-hydrogen) atoms. The van der Waals surface area contributed by atoms with E-state index in [0.717, 1.165) is 21.4 Å². The molecule has 1 aliphatic carbocycles. The molecule has 0 saturated carbocycles. The zero-order chi connectivity index (χ0) is 53.7. The Morgan fingerprint density at radius 3 is 2.27 bits per heavy atom. The third-order valence-electron chi connectivity index (χ3n) is 14.9. The van der Waals surface area contributed by atoms with Gasteiger partial charge in [0.15, 0.2) is 5.60 Å². The molecule has 0 saturated heterocycles. The third-order valence-corrected chi connectivity index (χ3v) is 14.9. The van der Waals surface area contributed by atoms with Crippen LogP contribution in [0.2, 0.25) is 0 Å². The van der Waals surface area contributed by atoms with Gasteiger partial charge in [0.25, 0.3) is 17.7 Å². The highest BCUT2D eigenvalue weighted by Gasteiger charge is 2.53. The number of aromatic nitrogens is 1. The molecule has 22 heteroatoms. The maximum absolute atomic E-state index is 15.8. The van der Waals surface area contributed by atoms with Gasteiger partial charge in [-0.05, 0) is 90.7 Å². The van der Waals surface area contributed by atoms with Crippen LogP contribution in [0.1, 0.15) is 91.4 Å². The molecular weight excluding hydrogens is 974 g/mol. The maximum atomic E-state index is 15.8. The molecular formula is C53H60FN9O12. The zero-order valence-electron chi connectivity index (χ0n) is 41.7. The largest absolute Gasteiger partial charge is 0.458 e. The molecule has 21 nitrogen and oxygen atoms in total. The van der Waals surface area contributed by atoms with Crippen LogP contribution >= 0.6 is 0 Å². The monoisotopic (exact) mass is 1030 g/mol. The number of hydrogen-bond acceptors (Lipinski definition) is 13. The number of pyridine rings is 1. The summed E-state index contributed by atoms with van der Waals surface area (Å²) in [6, 6.07) is 8.32. The van der Waals surface area contributed by atoms with Gasteiger partial charge >= 0.3 is 5.97 Å². The highest BCUT2D eigenvalue weighted by molar-refractivity contribution is 6.12. The van der Waals surface area contributed by atoms with E-state index in [-0.39, 0.29) is 81.7 Å². The number of halogens is 1. The molecule has 5 heterocycles. The van der Waals surface area contributed by atoms with E-state index in [9.17, 15) is 53.1 Å². The van der Waals surface area contributed by atoms with Crippen molar-refractivity contribution in [3.63, 3.8) is 0 Å². The van der Waals surface area contributed by atoms with E-state index in [1.807, 2.05) is 0 Å². The van der Waals surface area contributed by atoms with Gasteiger partial charge in [0.05, 0.1) is 42.5 Å². The van der Waals surface area contributed by atoms with Gasteiger partial charge in [-0.25, -0.2) is 9.18 Å². The second kappa shape index (κ2) is 22.7. The normalized spacial score (nSPS) is 20.2. The number of aliphatic hydroxyl groups is 1. The number of benzene rings is 2. The number of nitrogens with two attached hydrogens (primary N) is 1. The van der Waals surface area contributed by atoms with Gasteiger partial charge in [0, 0.05) is 62.5 Å². The minimum atomic E-state index is -1.98. The van der Waals surface area contributed by atoms with Crippen LogP contribution in [0.3, 0.4) is 0 Å². The van der Waals surface area contributed by atoms with Crippen molar-refractivity contribution in [3.8, 4) is 0 Å². The predicted octanol–water partition coefficient (Wildman–Crippen LogP) is 0.348. The van der Waals surface area contributed by atoms with Crippen LogP contribution in [0.5, 0.6) is 0 Å². The fraction of sp³-hybridized carbons (Fsp3) is 0.453. The van der Waals surface area contributed by atoms with E-state index >= 15 is 4.39 Å². The first-order chi connectivity index (χ1) is 35.9. The lowest BCUT2D eigenvalue weighted by Crippen LogP contribution is -2.52. The standard InChI is InChI=1S/C53H60FN9O12/c1-3-53(74)36-20-40-49-34(26-63(40)51(72)35(36)27-75-52(53)73)33-18-30(17-32-28(2)37(54)21-38(61-49)48(32)33)31(19-41(55)64)22-56-44(67)24-59-50(71)39(16-29-10-6-4-7-11-29)60-45(68)25-58-43(66)23-57-42(65)12-8-5-9-15-62-46(69)13-14-47(62)70/h4,6-7,10-11,13-14,21,30-31,39-40,74H,3,5,8-9,12,15-20,22-27H2,1-2H3,(H2,55,64)(H,56,67)(H,57,65)(H,58,66)(H,59,71)(H,60,68)/t30?,31?,39-,40?,53-/m0/s1. The van der Waals surface area contributed by atoms with E-state index in [4.69, 9.17) is 15.5 Å². The summed E-state index contributed by atoms with van der Waals surface area (Å²) in [5, 5.41) is 25.1. The number of nitrogens with zero attached hydrogens (tertiary/aromatic N) is 3. The lowest BCUT2D eigenvalue weighted by Gasteiger charge is -2.41. The zero-order valence-corrected chi connectivity index (χ0v) is 41.7. The smallest absolute Gasteiger partial charge is 0.342 e. The second-order valence-electron chi connectivity index (χ2n) is 19.7. The van der Waals surface area contributed by atoms with Crippen LogP contribution in [0, 0.1) is 24.6 Å². The molecule has 396 valence electrons. The van der Waals surface area contributed by atoms with Crippen LogP contribution in [0.15, 0.2) is 59.7 Å². The van der Waals surface area contributed by atoms with Gasteiger partial charge in [-0.3, -0.25) is 53.0 Å². The van der Waals surface area contributed by atoms with E-state index in [0.29, 0.717) is 65.6 Å². The number of nitrogens with one attached hydrogen (secondary N) is 5. The average Bonchev–Trinajstić information content (AvgIpc) is 3.95. The predicted molar refractivity (Wildman–Crippen MR) is 264 cm³/mol. The summed E-state index contributed by atoms with van der Waals surface area (Å²) in [6.45, 7) is 1.92. The number of imide groups is 1. The fourth-order valence-corrected chi connectivity index (χ4v) is 10.8. The number of amides is 9. The minimum Gasteiger partial charge on any atom is -0.458 e. The summed E-state index contributed by atoms with van der Waals surface area (Å²) in [5.41, 5.74) is 8.58. The summed E-state index contributed by atoms with van der Waals surface area (Å²) in [4.78, 5) is 136. The van der Waals surface area contributed by atoms with Gasteiger partial charge < -0.3 is 47.1 Å². The van der Waals surface area contributed by atoms with Crippen LogP contribution < -0.4 is 32.3 Å². The highest BCUT2D eigenvalue weighted by Crippen LogP contribution is 2.50. The molecule has 3 aromatic rings. The van der Waals surface area contributed by atoms with E-state index < -0.39 is 96.4 Å². The molecule has 2 aromatic carbocycles. The van der Waals surface area contributed by atoms with Crippen molar-refractivity contribution in [2.24, 2.45) is 17.6 Å². The first kappa shape index (κ1) is 53.4. The van der Waals surface area contributed by atoms with E-state index in [1.54, 1.807) is 49.1 Å². The number of esters is 1. The number of primary amides is 1. The Hall–Kier alpha value is -7.88. The van der Waals surface area contributed by atoms with Crippen molar-refractivity contribution in [1.29, 1.82) is 0 Å². The molecule has 4 aliphatic heterocycles. The fourth-order valence-electron chi connectivity index (χ4n) is 10.8. The molecule has 0 spiro atoms. The SMILES string of the molecule is CC[C@@]1(O)C(=O)OCC2=C1CC1c3nc4cc(F)c(C)c5c4c(c3CN1C2=O)CC(C(CNC(=O)CNC(=O)[C@H](Cc1ccccc1)NC(=O)CNC(=O)CNC(=O)CCCCCN1C(=O)C=CC1=O)CC(N)=O)C5. The Labute approximate surface area is 430 Å². The number of fused-ring (bicyclic) bond motifs is 4. The number of cyclic esters (lactones) is 1. The van der Waals surface area contributed by atoms with Crippen LogP contribution in [0.4, 0.5) is 4.39 Å². The molecule has 5 aliphatic rings. The van der Waals surface area contributed by atoms with Crippen molar-refractivity contribution in [1.82, 2.24) is 41.4 Å². The van der Waals surface area contributed by atoms with Gasteiger partial charge in [-0.15, -0.1) is 0 Å². The van der Waals surface area contributed by atoms with Crippen molar-refractivity contribution in [2.75, 3.05) is 39.3 Å².